The number of nitrogens with zero attached hydrogens (tertiary/aromatic N) is 4. The molecule has 1 aliphatic heterocycles. The molecule has 1 saturated heterocycles. The fourth-order valence-electron chi connectivity index (χ4n) is 2.50. The van der Waals surface area contributed by atoms with Gasteiger partial charge in [-0.25, -0.2) is 13.4 Å². The summed E-state index contributed by atoms with van der Waals surface area (Å²) in [5, 5.41) is -0.0121. The third kappa shape index (κ3) is 3.11. The van der Waals surface area contributed by atoms with Crippen LogP contribution in [0.5, 0.6) is 0 Å². The molecule has 2 rings (SSSR count). The van der Waals surface area contributed by atoms with Crippen LogP contribution in [0.15, 0.2) is 17.6 Å². The molecule has 0 unspecified atom stereocenters. The highest BCUT2D eigenvalue weighted by Crippen LogP contribution is 2.21. The van der Waals surface area contributed by atoms with E-state index in [4.69, 9.17) is 0 Å². The summed E-state index contributed by atoms with van der Waals surface area (Å²) < 4.78 is 28.0. The number of rotatable bonds is 4. The monoisotopic (exact) mass is 314 g/mol. The summed E-state index contributed by atoms with van der Waals surface area (Å²) in [4.78, 5) is 18.0. The van der Waals surface area contributed by atoms with Gasteiger partial charge in [-0.2, -0.15) is 4.31 Å². The molecule has 1 aromatic rings. The van der Waals surface area contributed by atoms with Gasteiger partial charge in [0.1, 0.15) is 6.04 Å². The average molecular weight is 314 g/mol. The Hall–Kier alpha value is -1.41. The number of piperazine rings is 1. The maximum Gasteiger partial charge on any atom is 0.262 e. The predicted octanol–water partition coefficient (Wildman–Crippen LogP) is 0.297. The second-order valence-corrected chi connectivity index (χ2v) is 7.68. The molecular formula is C13H22N4O3S. The molecule has 1 aromatic heterocycles. The Bertz CT molecular complexity index is 623. The number of carbonyl (C=O) groups excluding carboxylic acids is 1. The lowest BCUT2D eigenvalue weighted by atomic mass is 10.1. The van der Waals surface area contributed by atoms with Crippen LogP contribution in [-0.2, 0) is 21.9 Å². The van der Waals surface area contributed by atoms with E-state index in [1.165, 1.54) is 16.8 Å². The molecule has 21 heavy (non-hydrogen) atoms. The van der Waals surface area contributed by atoms with Gasteiger partial charge in [-0.3, -0.25) is 4.79 Å². The Morgan fingerprint density at radius 1 is 1.38 bits per heavy atom. The second-order valence-electron chi connectivity index (χ2n) is 5.85. The molecule has 0 spiro atoms. The molecule has 1 atom stereocenters. The number of carbonyl (C=O) groups is 1. The summed E-state index contributed by atoms with van der Waals surface area (Å²) in [7, 11) is -2.01. The zero-order valence-corrected chi connectivity index (χ0v) is 13.7. The minimum Gasteiger partial charge on any atom is -0.340 e. The Morgan fingerprint density at radius 2 is 2.05 bits per heavy atom. The van der Waals surface area contributed by atoms with Crippen LogP contribution in [0.25, 0.3) is 0 Å². The number of sulfonamides is 1. The zero-order chi connectivity index (χ0) is 15.8. The summed E-state index contributed by atoms with van der Waals surface area (Å²) in [5.41, 5.74) is 0. The van der Waals surface area contributed by atoms with Gasteiger partial charge in [0.25, 0.3) is 10.0 Å². The summed E-state index contributed by atoms with van der Waals surface area (Å²) in [6, 6.07) is -0.690. The Morgan fingerprint density at radius 3 is 2.57 bits per heavy atom. The van der Waals surface area contributed by atoms with Gasteiger partial charge >= 0.3 is 0 Å². The Labute approximate surface area is 125 Å². The lowest BCUT2D eigenvalue weighted by Crippen LogP contribution is -2.58. The number of aryl methyl sites for hydroxylation is 1. The third-order valence-electron chi connectivity index (χ3n) is 3.53. The van der Waals surface area contributed by atoms with Crippen molar-refractivity contribution in [3.63, 3.8) is 0 Å². The first-order valence-electron chi connectivity index (χ1n) is 7.02. The molecule has 0 aromatic carbocycles. The van der Waals surface area contributed by atoms with Crippen LogP contribution in [-0.4, -0.2) is 58.8 Å². The highest BCUT2D eigenvalue weighted by atomic mass is 32.2. The van der Waals surface area contributed by atoms with Crippen molar-refractivity contribution in [3.05, 3.63) is 12.5 Å². The normalized spacial score (nSPS) is 21.3. The molecule has 1 aliphatic rings. The van der Waals surface area contributed by atoms with Crippen LogP contribution in [0.4, 0.5) is 0 Å². The number of hydrogen-bond donors (Lipinski definition) is 0. The van der Waals surface area contributed by atoms with Crippen molar-refractivity contribution in [1.82, 2.24) is 18.8 Å². The Balaban J connectivity index is 2.21. The number of aromatic nitrogens is 2. The van der Waals surface area contributed by atoms with E-state index < -0.39 is 16.1 Å². The van der Waals surface area contributed by atoms with Crippen molar-refractivity contribution >= 4 is 15.9 Å². The third-order valence-corrected chi connectivity index (χ3v) is 5.39. The second kappa shape index (κ2) is 5.76. The van der Waals surface area contributed by atoms with Crippen molar-refractivity contribution in [2.75, 3.05) is 19.6 Å². The van der Waals surface area contributed by atoms with Gasteiger partial charge in [0.2, 0.25) is 5.91 Å². The van der Waals surface area contributed by atoms with Crippen LogP contribution in [0.3, 0.4) is 0 Å². The van der Waals surface area contributed by atoms with Gasteiger partial charge in [-0.05, 0) is 12.8 Å². The summed E-state index contributed by atoms with van der Waals surface area (Å²) >= 11 is 0. The standard InChI is InChI=1S/C13H22N4O3S/c1-10(2)7-16-5-6-17(11(3)13(16)18)21(19,20)12-8-15(4)9-14-12/h8-11H,5-7H2,1-4H3/t11-/m1/s1. The van der Waals surface area contributed by atoms with Crippen LogP contribution < -0.4 is 0 Å². The van der Waals surface area contributed by atoms with E-state index in [0.29, 0.717) is 25.6 Å². The molecule has 1 amide bonds. The molecule has 0 radical (unpaired) electrons. The number of hydrogen-bond acceptors (Lipinski definition) is 4. The maximum absolute atomic E-state index is 12.6. The average Bonchev–Trinajstić information content (AvgIpc) is 2.82. The van der Waals surface area contributed by atoms with Gasteiger partial charge in [0.15, 0.2) is 5.03 Å². The SMILES string of the molecule is CC(C)CN1CCN(S(=O)(=O)c2cn(C)cn2)[C@H](C)C1=O. The highest BCUT2D eigenvalue weighted by molar-refractivity contribution is 7.89. The summed E-state index contributed by atoms with van der Waals surface area (Å²) in [6.07, 6.45) is 2.89. The lowest BCUT2D eigenvalue weighted by molar-refractivity contribution is -0.138. The Kier molecular flexibility index (Phi) is 4.38. The van der Waals surface area contributed by atoms with Crippen molar-refractivity contribution < 1.29 is 13.2 Å². The lowest BCUT2D eigenvalue weighted by Gasteiger charge is -2.38. The molecule has 8 heteroatoms. The molecule has 0 saturated carbocycles. The first kappa shape index (κ1) is 16.0. The van der Waals surface area contributed by atoms with E-state index in [0.717, 1.165) is 0 Å². The molecule has 0 bridgehead atoms. The van der Waals surface area contributed by atoms with Gasteiger partial charge < -0.3 is 9.47 Å². The molecule has 2 heterocycles. The van der Waals surface area contributed by atoms with Crippen LogP contribution >= 0.6 is 0 Å². The minimum absolute atomic E-state index is 0.0121. The van der Waals surface area contributed by atoms with Gasteiger partial charge in [0, 0.05) is 32.9 Å². The van der Waals surface area contributed by atoms with E-state index in [9.17, 15) is 13.2 Å². The largest absolute Gasteiger partial charge is 0.340 e. The summed E-state index contributed by atoms with van der Waals surface area (Å²) in [5.74, 6) is 0.217. The topological polar surface area (TPSA) is 75.5 Å². The molecule has 1 fully saturated rings. The van der Waals surface area contributed by atoms with Gasteiger partial charge in [0.05, 0.1) is 6.33 Å². The first-order chi connectivity index (χ1) is 9.73. The first-order valence-corrected chi connectivity index (χ1v) is 8.46. The molecular weight excluding hydrogens is 292 g/mol. The van der Waals surface area contributed by atoms with Gasteiger partial charge in [-0.1, -0.05) is 13.8 Å². The quantitative estimate of drug-likeness (QED) is 0.801. The number of imidazole rings is 1. The molecule has 118 valence electrons. The van der Waals surface area contributed by atoms with E-state index in [-0.39, 0.29) is 10.9 Å². The molecule has 0 N–H and O–H groups in total. The number of amides is 1. The van der Waals surface area contributed by atoms with Crippen molar-refractivity contribution in [2.45, 2.75) is 31.8 Å². The minimum atomic E-state index is -3.72. The zero-order valence-electron chi connectivity index (χ0n) is 12.9. The molecule has 7 nitrogen and oxygen atoms in total. The fraction of sp³-hybridized carbons (Fsp3) is 0.692. The van der Waals surface area contributed by atoms with E-state index in [1.807, 2.05) is 13.8 Å². The van der Waals surface area contributed by atoms with Crippen molar-refractivity contribution in [1.29, 1.82) is 0 Å². The van der Waals surface area contributed by atoms with E-state index in [2.05, 4.69) is 4.98 Å². The van der Waals surface area contributed by atoms with Crippen molar-refractivity contribution in [3.8, 4) is 0 Å². The van der Waals surface area contributed by atoms with Crippen molar-refractivity contribution in [2.24, 2.45) is 13.0 Å². The fourth-order valence-corrected chi connectivity index (χ4v) is 4.05. The van der Waals surface area contributed by atoms with Gasteiger partial charge in [-0.15, -0.1) is 0 Å². The maximum atomic E-state index is 12.6. The smallest absolute Gasteiger partial charge is 0.262 e. The highest BCUT2D eigenvalue weighted by Gasteiger charge is 2.39. The van der Waals surface area contributed by atoms with Crippen LogP contribution in [0.1, 0.15) is 20.8 Å². The molecule has 0 aliphatic carbocycles. The van der Waals surface area contributed by atoms with Crippen LogP contribution in [0.2, 0.25) is 0 Å². The van der Waals surface area contributed by atoms with Crippen LogP contribution in [0, 0.1) is 5.92 Å². The van der Waals surface area contributed by atoms with E-state index in [1.54, 1.807) is 23.4 Å². The van der Waals surface area contributed by atoms with E-state index >= 15 is 0 Å². The predicted molar refractivity (Wildman–Crippen MR) is 78.0 cm³/mol. The summed E-state index contributed by atoms with van der Waals surface area (Å²) in [6.45, 7) is 7.09.